The number of benzene rings is 2. The van der Waals surface area contributed by atoms with Gasteiger partial charge < -0.3 is 0 Å². The molecule has 0 aliphatic heterocycles. The van der Waals surface area contributed by atoms with Gasteiger partial charge in [0.05, 0.1) is 4.70 Å². The maximum Gasteiger partial charge on any atom is 0.141 e. The topological polar surface area (TPSA) is 0 Å². The summed E-state index contributed by atoms with van der Waals surface area (Å²) in [7, 11) is 0. The largest absolute Gasteiger partial charge is 0.205 e. The zero-order valence-corrected chi connectivity index (χ0v) is 9.20. The second-order valence-electron chi connectivity index (χ2n) is 3.33. The Hall–Kier alpha value is -1.12. The molecule has 0 spiro atoms. The molecule has 1 aromatic heterocycles. The van der Waals surface area contributed by atoms with E-state index in [-0.39, 0.29) is 5.82 Å². The van der Waals surface area contributed by atoms with E-state index in [1.165, 1.54) is 17.4 Å². The Morgan fingerprint density at radius 2 is 1.87 bits per heavy atom. The van der Waals surface area contributed by atoms with Gasteiger partial charge in [0, 0.05) is 20.5 Å². The fourth-order valence-electron chi connectivity index (χ4n) is 1.77. The van der Waals surface area contributed by atoms with Crippen LogP contribution in [0.3, 0.4) is 0 Å². The van der Waals surface area contributed by atoms with Crippen molar-refractivity contribution < 1.29 is 4.39 Å². The van der Waals surface area contributed by atoms with Crippen molar-refractivity contribution in [1.82, 2.24) is 0 Å². The summed E-state index contributed by atoms with van der Waals surface area (Å²) in [5.74, 6) is -0.176. The molecular weight excluding hydrogens is 231 g/mol. The molecular formula is C12H6ClFS. The normalized spacial score (nSPS) is 11.3. The average molecular weight is 237 g/mol. The third-order valence-corrected chi connectivity index (χ3v) is 3.92. The summed E-state index contributed by atoms with van der Waals surface area (Å²) in [5.41, 5.74) is 0. The first-order valence-corrected chi connectivity index (χ1v) is 5.72. The highest BCUT2D eigenvalue weighted by molar-refractivity contribution is 7.26. The van der Waals surface area contributed by atoms with Crippen molar-refractivity contribution in [1.29, 1.82) is 0 Å². The lowest BCUT2D eigenvalue weighted by molar-refractivity contribution is 0.642. The molecule has 0 radical (unpaired) electrons. The van der Waals surface area contributed by atoms with Gasteiger partial charge in [-0.05, 0) is 18.2 Å². The molecule has 0 N–H and O–H groups in total. The van der Waals surface area contributed by atoms with Crippen LogP contribution in [0.15, 0.2) is 36.4 Å². The maximum atomic E-state index is 13.5. The van der Waals surface area contributed by atoms with E-state index in [2.05, 4.69) is 0 Å². The third kappa shape index (κ3) is 1.25. The van der Waals surface area contributed by atoms with Crippen LogP contribution in [0.1, 0.15) is 0 Å². The Morgan fingerprint density at radius 1 is 1.07 bits per heavy atom. The lowest BCUT2D eigenvalue weighted by Crippen LogP contribution is -1.72. The van der Waals surface area contributed by atoms with Gasteiger partial charge in [-0.3, -0.25) is 0 Å². The molecule has 0 saturated carbocycles. The Bertz CT molecular complexity index is 657. The summed E-state index contributed by atoms with van der Waals surface area (Å²) in [4.78, 5) is 0. The van der Waals surface area contributed by atoms with Gasteiger partial charge in [0.15, 0.2) is 0 Å². The number of rotatable bonds is 0. The maximum absolute atomic E-state index is 13.5. The van der Waals surface area contributed by atoms with Crippen LogP contribution in [0.4, 0.5) is 4.39 Å². The number of thiophene rings is 1. The van der Waals surface area contributed by atoms with E-state index in [4.69, 9.17) is 11.6 Å². The molecule has 0 fully saturated rings. The van der Waals surface area contributed by atoms with Crippen molar-refractivity contribution >= 4 is 43.1 Å². The smallest absolute Gasteiger partial charge is 0.141 e. The van der Waals surface area contributed by atoms with E-state index < -0.39 is 0 Å². The molecule has 0 aliphatic rings. The zero-order chi connectivity index (χ0) is 10.4. The van der Waals surface area contributed by atoms with Gasteiger partial charge in [0.1, 0.15) is 5.82 Å². The molecule has 0 nitrogen and oxygen atoms in total. The summed E-state index contributed by atoms with van der Waals surface area (Å²) in [6, 6.07) is 10.8. The summed E-state index contributed by atoms with van der Waals surface area (Å²) in [6.45, 7) is 0. The first kappa shape index (κ1) is 9.13. The summed E-state index contributed by atoms with van der Waals surface area (Å²) in [6.07, 6.45) is 0. The Morgan fingerprint density at radius 3 is 2.73 bits per heavy atom. The number of halogens is 2. The highest BCUT2D eigenvalue weighted by Crippen LogP contribution is 2.38. The molecule has 0 amide bonds. The monoisotopic (exact) mass is 236 g/mol. The SMILES string of the molecule is Fc1cccc2c1sc1cccc(Cl)c12. The second kappa shape index (κ2) is 3.19. The van der Waals surface area contributed by atoms with Crippen molar-refractivity contribution in [3.8, 4) is 0 Å². The molecule has 15 heavy (non-hydrogen) atoms. The Kier molecular flexibility index (Phi) is 1.94. The van der Waals surface area contributed by atoms with Gasteiger partial charge in [-0.15, -0.1) is 11.3 Å². The van der Waals surface area contributed by atoms with Crippen molar-refractivity contribution in [3.05, 3.63) is 47.2 Å². The van der Waals surface area contributed by atoms with Crippen molar-refractivity contribution in [2.45, 2.75) is 0 Å². The molecule has 0 saturated heterocycles. The minimum absolute atomic E-state index is 0.176. The summed E-state index contributed by atoms with van der Waals surface area (Å²) < 4.78 is 15.2. The molecule has 2 aromatic carbocycles. The van der Waals surface area contributed by atoms with E-state index >= 15 is 0 Å². The van der Waals surface area contributed by atoms with Crippen LogP contribution in [-0.2, 0) is 0 Å². The minimum atomic E-state index is -0.176. The predicted molar refractivity (Wildman–Crippen MR) is 64.3 cm³/mol. The molecule has 74 valence electrons. The number of fused-ring (bicyclic) bond motifs is 3. The predicted octanol–water partition coefficient (Wildman–Crippen LogP) is 4.85. The molecule has 1 heterocycles. The van der Waals surface area contributed by atoms with E-state index in [9.17, 15) is 4.39 Å². The van der Waals surface area contributed by atoms with Gasteiger partial charge in [0.25, 0.3) is 0 Å². The van der Waals surface area contributed by atoms with Crippen molar-refractivity contribution in [3.63, 3.8) is 0 Å². The fourth-order valence-corrected chi connectivity index (χ4v) is 3.24. The summed E-state index contributed by atoms with van der Waals surface area (Å²) >= 11 is 7.56. The standard InChI is InChI=1S/C12H6ClFS/c13-8-4-2-6-10-11(8)7-3-1-5-9(14)12(7)15-10/h1-6H. The molecule has 0 bridgehead atoms. The first-order valence-electron chi connectivity index (χ1n) is 4.52. The third-order valence-electron chi connectivity index (χ3n) is 2.42. The molecule has 0 atom stereocenters. The number of hydrogen-bond donors (Lipinski definition) is 0. The first-order chi connectivity index (χ1) is 7.27. The van der Waals surface area contributed by atoms with Crippen LogP contribution >= 0.6 is 22.9 Å². The van der Waals surface area contributed by atoms with Gasteiger partial charge >= 0.3 is 0 Å². The van der Waals surface area contributed by atoms with Crippen LogP contribution in [0.25, 0.3) is 20.2 Å². The molecule has 3 rings (SSSR count). The van der Waals surface area contributed by atoms with Gasteiger partial charge in [-0.2, -0.15) is 0 Å². The van der Waals surface area contributed by atoms with Crippen LogP contribution in [0, 0.1) is 5.82 Å². The quantitative estimate of drug-likeness (QED) is 0.524. The van der Waals surface area contributed by atoms with Crippen LogP contribution in [-0.4, -0.2) is 0 Å². The lowest BCUT2D eigenvalue weighted by atomic mass is 10.1. The van der Waals surface area contributed by atoms with E-state index in [1.807, 2.05) is 24.3 Å². The molecule has 3 aromatic rings. The van der Waals surface area contributed by atoms with Crippen molar-refractivity contribution in [2.75, 3.05) is 0 Å². The highest BCUT2D eigenvalue weighted by Gasteiger charge is 2.10. The van der Waals surface area contributed by atoms with E-state index in [0.717, 1.165) is 15.5 Å². The molecule has 3 heteroatoms. The average Bonchev–Trinajstić information content (AvgIpc) is 2.59. The zero-order valence-electron chi connectivity index (χ0n) is 7.63. The fraction of sp³-hybridized carbons (Fsp3) is 0. The second-order valence-corrected chi connectivity index (χ2v) is 4.79. The minimum Gasteiger partial charge on any atom is -0.205 e. The lowest BCUT2D eigenvalue weighted by Gasteiger charge is -1.94. The molecule has 0 unspecified atom stereocenters. The van der Waals surface area contributed by atoms with Gasteiger partial charge in [-0.25, -0.2) is 4.39 Å². The van der Waals surface area contributed by atoms with Gasteiger partial charge in [-0.1, -0.05) is 29.8 Å². The molecule has 0 aliphatic carbocycles. The van der Waals surface area contributed by atoms with Crippen LogP contribution < -0.4 is 0 Å². The van der Waals surface area contributed by atoms with Crippen LogP contribution in [0.2, 0.25) is 5.02 Å². The summed E-state index contributed by atoms with van der Waals surface area (Å²) in [5, 5.41) is 2.55. The highest BCUT2D eigenvalue weighted by atomic mass is 35.5. The Balaban J connectivity index is 2.65. The number of hydrogen-bond acceptors (Lipinski definition) is 1. The Labute approximate surface area is 94.9 Å². The van der Waals surface area contributed by atoms with Crippen molar-refractivity contribution in [2.24, 2.45) is 0 Å². The van der Waals surface area contributed by atoms with E-state index in [0.29, 0.717) is 9.72 Å². The van der Waals surface area contributed by atoms with Crippen LogP contribution in [0.5, 0.6) is 0 Å². The van der Waals surface area contributed by atoms with E-state index in [1.54, 1.807) is 6.07 Å². The van der Waals surface area contributed by atoms with Gasteiger partial charge in [0.2, 0.25) is 0 Å².